The Morgan fingerprint density at radius 3 is 2.67 bits per heavy atom. The predicted octanol–water partition coefficient (Wildman–Crippen LogP) is 6.77. The number of piperidine rings is 1. The van der Waals surface area contributed by atoms with Gasteiger partial charge in [-0.15, -0.1) is 0 Å². The Morgan fingerprint density at radius 2 is 2.00 bits per heavy atom. The van der Waals surface area contributed by atoms with E-state index in [-0.39, 0.29) is 11.3 Å². The van der Waals surface area contributed by atoms with Gasteiger partial charge in [0, 0.05) is 30.6 Å². The van der Waals surface area contributed by atoms with E-state index in [2.05, 4.69) is 35.4 Å². The zero-order valence-electron chi connectivity index (χ0n) is 19.6. The summed E-state index contributed by atoms with van der Waals surface area (Å²) in [5.41, 5.74) is 3.40. The highest BCUT2D eigenvalue weighted by Gasteiger charge is 2.36. The molecule has 1 fully saturated rings. The lowest BCUT2D eigenvalue weighted by molar-refractivity contribution is -0.110. The molecule has 1 aliphatic carbocycles. The maximum atomic E-state index is 11.7. The smallest absolute Gasteiger partial charge is 0.207 e. The van der Waals surface area contributed by atoms with E-state index >= 15 is 0 Å². The van der Waals surface area contributed by atoms with Gasteiger partial charge in [-0.1, -0.05) is 60.8 Å². The number of hydrogen-bond donors (Lipinski definition) is 1. The van der Waals surface area contributed by atoms with Gasteiger partial charge < -0.3 is 15.0 Å². The minimum atomic E-state index is -0.149. The number of benzene rings is 1. The first kappa shape index (κ1) is 25.8. The van der Waals surface area contributed by atoms with Crippen molar-refractivity contribution in [3.8, 4) is 0 Å². The van der Waals surface area contributed by atoms with E-state index in [1.54, 1.807) is 0 Å². The summed E-state index contributed by atoms with van der Waals surface area (Å²) >= 11 is 13.4. The Labute approximate surface area is 208 Å². The summed E-state index contributed by atoms with van der Waals surface area (Å²) < 4.78 is 0. The van der Waals surface area contributed by atoms with E-state index in [0.29, 0.717) is 11.6 Å². The van der Waals surface area contributed by atoms with Crippen LogP contribution in [0.2, 0.25) is 5.02 Å². The summed E-state index contributed by atoms with van der Waals surface area (Å²) in [4.78, 5) is 24.7. The first-order valence-corrected chi connectivity index (χ1v) is 13.0. The molecule has 1 N–H and O–H groups in total. The van der Waals surface area contributed by atoms with Crippen LogP contribution in [0.15, 0.2) is 41.0 Å². The molecule has 1 aliphatic heterocycles. The second-order valence-corrected chi connectivity index (χ2v) is 10.3. The van der Waals surface area contributed by atoms with E-state index in [0.717, 1.165) is 99.9 Å². The molecule has 0 saturated carbocycles. The summed E-state index contributed by atoms with van der Waals surface area (Å²) in [6, 6.07) is 6.08. The van der Waals surface area contributed by atoms with Gasteiger partial charge in [0.1, 0.15) is 6.29 Å². The summed E-state index contributed by atoms with van der Waals surface area (Å²) in [5.74, 6) is -0.149. The molecule has 6 heteroatoms. The number of hydrogen-bond acceptors (Lipinski definition) is 3. The molecular formula is C27H36Cl2N2O2. The highest BCUT2D eigenvalue weighted by atomic mass is 35.5. The van der Waals surface area contributed by atoms with E-state index in [1.165, 1.54) is 5.57 Å². The number of allylic oxidation sites excluding steroid dienone is 4. The molecule has 0 aromatic heterocycles. The molecule has 4 nitrogen and oxygen atoms in total. The zero-order valence-corrected chi connectivity index (χ0v) is 21.1. The molecular weight excluding hydrogens is 455 g/mol. The van der Waals surface area contributed by atoms with Crippen LogP contribution in [-0.2, 0) is 9.59 Å². The van der Waals surface area contributed by atoms with Crippen molar-refractivity contribution in [3.05, 3.63) is 51.5 Å². The van der Waals surface area contributed by atoms with Crippen LogP contribution in [0.25, 0.3) is 0 Å². The van der Waals surface area contributed by atoms with Gasteiger partial charge in [-0.25, -0.2) is 0 Å². The average molecular weight is 492 g/mol. The third kappa shape index (κ3) is 6.64. The minimum absolute atomic E-state index is 0.149. The van der Waals surface area contributed by atoms with Crippen LogP contribution < -0.4 is 10.2 Å². The topological polar surface area (TPSA) is 49.4 Å². The molecule has 0 spiro atoms. The Hall–Kier alpha value is -1.78. The lowest BCUT2D eigenvalue weighted by Crippen LogP contribution is -2.41. The second-order valence-electron chi connectivity index (χ2n) is 9.42. The van der Waals surface area contributed by atoms with Crippen LogP contribution in [0.4, 0.5) is 5.69 Å². The number of aldehydes is 1. The third-order valence-corrected chi connectivity index (χ3v) is 8.05. The maximum absolute atomic E-state index is 11.7. The van der Waals surface area contributed by atoms with E-state index < -0.39 is 0 Å². The quantitative estimate of drug-likeness (QED) is 0.259. The Kier molecular flexibility index (Phi) is 9.88. The van der Waals surface area contributed by atoms with Gasteiger partial charge in [0.05, 0.1) is 10.7 Å². The standard InChI is InChI=1S/C27H36Cl2N2O2/c1-2-7-22(19-32)23-9-5-11-25(26(23)29)31-16-13-27(14-17-31,12-6-15-30-20-33)18-21-8-3-4-10-24(21)28/h3,5,8-9,11,19-20,22H,2,4,6-7,10,12-18H2,1H3,(H,30,33). The molecule has 3 rings (SSSR count). The molecule has 1 atom stereocenters. The highest BCUT2D eigenvalue weighted by molar-refractivity contribution is 6.34. The number of halogens is 2. The van der Waals surface area contributed by atoms with Crippen LogP contribution in [0.3, 0.4) is 0 Å². The van der Waals surface area contributed by atoms with Crippen molar-refractivity contribution >= 4 is 41.6 Å². The molecule has 0 bridgehead atoms. The summed E-state index contributed by atoms with van der Waals surface area (Å²) in [7, 11) is 0. The first-order chi connectivity index (χ1) is 16.0. The average Bonchev–Trinajstić information content (AvgIpc) is 2.83. The van der Waals surface area contributed by atoms with Gasteiger partial charge in [-0.05, 0) is 74.0 Å². The first-order valence-electron chi connectivity index (χ1n) is 12.2. The van der Waals surface area contributed by atoms with Crippen LogP contribution >= 0.6 is 23.2 Å². The number of carbonyl (C=O) groups is 2. The van der Waals surface area contributed by atoms with Crippen LogP contribution in [0, 0.1) is 5.41 Å². The van der Waals surface area contributed by atoms with Gasteiger partial charge in [-0.2, -0.15) is 0 Å². The fourth-order valence-corrected chi connectivity index (χ4v) is 5.91. The number of rotatable bonds is 12. The second kappa shape index (κ2) is 12.6. The van der Waals surface area contributed by atoms with Crippen molar-refractivity contribution < 1.29 is 9.59 Å². The Morgan fingerprint density at radius 1 is 1.21 bits per heavy atom. The van der Waals surface area contributed by atoms with Crippen molar-refractivity contribution in [3.63, 3.8) is 0 Å². The number of nitrogens with one attached hydrogen (secondary N) is 1. The fourth-order valence-electron chi connectivity index (χ4n) is 5.28. The molecule has 1 aromatic rings. The van der Waals surface area contributed by atoms with Crippen LogP contribution in [0.5, 0.6) is 0 Å². The molecule has 1 amide bonds. The normalized spacial score (nSPS) is 18.8. The van der Waals surface area contributed by atoms with Crippen LogP contribution in [0.1, 0.15) is 76.2 Å². The van der Waals surface area contributed by atoms with Crippen molar-refractivity contribution in [2.45, 2.75) is 70.6 Å². The number of nitrogens with zero attached hydrogens (tertiary/aromatic N) is 1. The lowest BCUT2D eigenvalue weighted by atomic mass is 9.70. The van der Waals surface area contributed by atoms with E-state index in [1.807, 2.05) is 12.1 Å². The minimum Gasteiger partial charge on any atom is -0.370 e. The number of anilines is 1. The maximum Gasteiger partial charge on any atom is 0.207 e. The van der Waals surface area contributed by atoms with E-state index in [4.69, 9.17) is 23.2 Å². The predicted molar refractivity (Wildman–Crippen MR) is 138 cm³/mol. The molecule has 1 heterocycles. The molecule has 2 aliphatic rings. The van der Waals surface area contributed by atoms with Crippen molar-refractivity contribution in [1.82, 2.24) is 5.32 Å². The largest absolute Gasteiger partial charge is 0.370 e. The lowest BCUT2D eigenvalue weighted by Gasteiger charge is -2.44. The molecule has 0 radical (unpaired) electrons. The third-order valence-electron chi connectivity index (χ3n) is 7.21. The number of carbonyl (C=O) groups excluding carboxylic acids is 2. The summed E-state index contributed by atoms with van der Waals surface area (Å²) in [6.07, 6.45) is 15.0. The number of amides is 1. The SMILES string of the molecule is CCCC(C=O)c1cccc(N2CCC(CCCNC=O)(CC3=C(Cl)CCC=C3)CC2)c1Cl. The zero-order chi connectivity index (χ0) is 23.7. The van der Waals surface area contributed by atoms with E-state index in [9.17, 15) is 9.59 Å². The Balaban J connectivity index is 1.76. The molecule has 33 heavy (non-hydrogen) atoms. The molecule has 1 unspecified atom stereocenters. The van der Waals surface area contributed by atoms with Crippen molar-refractivity contribution in [2.75, 3.05) is 24.5 Å². The van der Waals surface area contributed by atoms with Gasteiger partial charge in [0.25, 0.3) is 0 Å². The molecule has 1 aromatic carbocycles. The fraction of sp³-hybridized carbons (Fsp3) is 0.556. The van der Waals surface area contributed by atoms with Gasteiger partial charge in [0.2, 0.25) is 6.41 Å². The van der Waals surface area contributed by atoms with Gasteiger partial charge >= 0.3 is 0 Å². The summed E-state index contributed by atoms with van der Waals surface area (Å²) in [6.45, 7) is 4.62. The Bertz CT molecular complexity index is 873. The van der Waals surface area contributed by atoms with Crippen LogP contribution in [-0.4, -0.2) is 32.3 Å². The van der Waals surface area contributed by atoms with Crippen molar-refractivity contribution in [1.29, 1.82) is 0 Å². The summed E-state index contributed by atoms with van der Waals surface area (Å²) in [5, 5.41) is 4.51. The van der Waals surface area contributed by atoms with Gasteiger partial charge in [-0.3, -0.25) is 4.79 Å². The monoisotopic (exact) mass is 490 g/mol. The highest BCUT2D eigenvalue weighted by Crippen LogP contribution is 2.46. The molecule has 180 valence electrons. The van der Waals surface area contributed by atoms with Crippen molar-refractivity contribution in [2.24, 2.45) is 5.41 Å². The molecule has 1 saturated heterocycles. The van der Waals surface area contributed by atoms with Gasteiger partial charge in [0.15, 0.2) is 0 Å².